The number of Topliss-reactive ketones (excluding diaryl/α,β-unsaturated/α-hetero) is 1. The number of fused-ring (bicyclic) bond motifs is 5. The van der Waals surface area contributed by atoms with Crippen LogP contribution in [-0.4, -0.2) is 38.9 Å². The maximum atomic E-state index is 12.1. The minimum absolute atomic E-state index is 0.0185. The fraction of sp³-hybridized carbons (Fsp3) is 0.889. The lowest BCUT2D eigenvalue weighted by Gasteiger charge is -2.63. The topological polar surface area (TPSA) is 77.8 Å². The van der Waals surface area contributed by atoms with Crippen LogP contribution in [0.4, 0.5) is 0 Å². The van der Waals surface area contributed by atoms with Crippen molar-refractivity contribution in [3.63, 3.8) is 0 Å². The van der Waals surface area contributed by atoms with Gasteiger partial charge in [-0.05, 0) is 86.4 Å². The van der Waals surface area contributed by atoms with Crippen molar-refractivity contribution in [2.75, 3.05) is 0 Å². The normalized spacial score (nSPS) is 49.6. The molecule has 0 radical (unpaired) electrons. The molecule has 10 unspecified atom stereocenters. The first kappa shape index (κ1) is 23.4. The Bertz CT molecular complexity index is 727. The summed E-state index contributed by atoms with van der Waals surface area (Å²) >= 11 is 0. The molecule has 0 heterocycles. The van der Waals surface area contributed by atoms with Crippen molar-refractivity contribution in [2.24, 2.45) is 46.3 Å². The molecule has 0 bridgehead atoms. The summed E-state index contributed by atoms with van der Waals surface area (Å²) in [6.07, 6.45) is 9.44. The number of aliphatic hydroxyl groups excluding tert-OH is 2. The quantitative estimate of drug-likeness (QED) is 0.571. The molecule has 4 rings (SSSR count). The van der Waals surface area contributed by atoms with Gasteiger partial charge in [-0.1, -0.05) is 39.8 Å². The Balaban J connectivity index is 1.64. The van der Waals surface area contributed by atoms with Gasteiger partial charge in [0.15, 0.2) is 0 Å². The highest BCUT2D eigenvalue weighted by Crippen LogP contribution is 2.68. The lowest BCUT2D eigenvalue weighted by atomic mass is 9.43. The van der Waals surface area contributed by atoms with Gasteiger partial charge in [0, 0.05) is 18.3 Å². The molecule has 0 aromatic heterocycles. The molecule has 3 N–H and O–H groups in total. The molecular formula is C27H44O4. The lowest BCUT2D eigenvalue weighted by molar-refractivity contribution is -0.207. The Kier molecular flexibility index (Phi) is 6.02. The highest BCUT2D eigenvalue weighted by Gasteiger charge is 2.67. The predicted octanol–water partition coefficient (Wildman–Crippen LogP) is 4.51. The van der Waals surface area contributed by atoms with Crippen LogP contribution in [0.2, 0.25) is 0 Å². The fourth-order valence-electron chi connectivity index (χ4n) is 8.62. The number of rotatable bonds is 4. The number of hydrogen-bond donors (Lipinski definition) is 3. The molecule has 4 heteroatoms. The van der Waals surface area contributed by atoms with Crippen molar-refractivity contribution >= 4 is 5.78 Å². The summed E-state index contributed by atoms with van der Waals surface area (Å²) in [5, 5.41) is 34.4. The van der Waals surface area contributed by atoms with Gasteiger partial charge in [-0.25, -0.2) is 0 Å². The van der Waals surface area contributed by atoms with E-state index in [0.29, 0.717) is 37.4 Å². The van der Waals surface area contributed by atoms with Crippen LogP contribution in [-0.2, 0) is 4.79 Å². The van der Waals surface area contributed by atoms with E-state index in [9.17, 15) is 20.1 Å². The van der Waals surface area contributed by atoms with E-state index in [2.05, 4.69) is 33.8 Å². The van der Waals surface area contributed by atoms with E-state index in [4.69, 9.17) is 0 Å². The molecule has 4 fully saturated rings. The molecule has 4 aliphatic carbocycles. The smallest absolute Gasteiger partial charge is 0.133 e. The van der Waals surface area contributed by atoms with Gasteiger partial charge >= 0.3 is 0 Å². The first-order chi connectivity index (χ1) is 14.4. The molecule has 4 nitrogen and oxygen atoms in total. The Morgan fingerprint density at radius 3 is 2.55 bits per heavy atom. The molecule has 4 saturated carbocycles. The largest absolute Gasteiger partial charge is 0.393 e. The third kappa shape index (κ3) is 3.65. The van der Waals surface area contributed by atoms with Crippen LogP contribution in [0.25, 0.3) is 0 Å². The van der Waals surface area contributed by atoms with Crippen molar-refractivity contribution in [3.05, 3.63) is 12.2 Å². The van der Waals surface area contributed by atoms with Crippen LogP contribution in [0, 0.1) is 46.3 Å². The number of hydrogen-bond acceptors (Lipinski definition) is 4. The Morgan fingerprint density at radius 2 is 1.87 bits per heavy atom. The van der Waals surface area contributed by atoms with Crippen molar-refractivity contribution in [1.29, 1.82) is 0 Å². The number of allylic oxidation sites excluding steroid dienone is 1. The van der Waals surface area contributed by atoms with Gasteiger partial charge < -0.3 is 15.3 Å². The molecular weight excluding hydrogens is 388 g/mol. The van der Waals surface area contributed by atoms with Gasteiger partial charge in [-0.15, -0.1) is 0 Å². The minimum atomic E-state index is -0.963. The standard InChI is InChI=1S/C27H44O4/c1-16(2)7-6-11-26(4,31)22-9-8-19-24-20(15-23(30)27(19,22)5)25(3)12-10-18(28)13-17(25)14-21(24)29/h6,11,16-17,19-24,29-31H,7-10,12-15H2,1-5H3. The number of aliphatic hydroxyl groups is 3. The van der Waals surface area contributed by atoms with Gasteiger partial charge in [0.05, 0.1) is 17.8 Å². The Morgan fingerprint density at radius 1 is 1.16 bits per heavy atom. The second-order valence-corrected chi connectivity index (χ2v) is 12.5. The van der Waals surface area contributed by atoms with Gasteiger partial charge in [0.25, 0.3) is 0 Å². The zero-order valence-electron chi connectivity index (χ0n) is 20.2. The summed E-state index contributed by atoms with van der Waals surface area (Å²) in [5.74, 6) is 1.72. The second kappa shape index (κ2) is 7.95. The highest BCUT2D eigenvalue weighted by molar-refractivity contribution is 5.79. The van der Waals surface area contributed by atoms with Crippen molar-refractivity contribution in [1.82, 2.24) is 0 Å². The number of carbonyl (C=O) groups is 1. The van der Waals surface area contributed by atoms with Crippen LogP contribution in [0.5, 0.6) is 0 Å². The Hall–Kier alpha value is -0.710. The van der Waals surface area contributed by atoms with Gasteiger partial charge in [-0.3, -0.25) is 4.79 Å². The molecule has 0 amide bonds. The van der Waals surface area contributed by atoms with E-state index >= 15 is 0 Å². The van der Waals surface area contributed by atoms with E-state index in [-0.39, 0.29) is 35.0 Å². The van der Waals surface area contributed by atoms with Crippen LogP contribution in [0.15, 0.2) is 12.2 Å². The molecule has 0 saturated heterocycles. The average Bonchev–Trinajstić information content (AvgIpc) is 3.03. The van der Waals surface area contributed by atoms with Gasteiger partial charge in [-0.2, -0.15) is 0 Å². The number of ketones is 1. The monoisotopic (exact) mass is 432 g/mol. The minimum Gasteiger partial charge on any atom is -0.393 e. The average molecular weight is 433 g/mol. The van der Waals surface area contributed by atoms with E-state index in [0.717, 1.165) is 25.7 Å². The fourth-order valence-corrected chi connectivity index (χ4v) is 8.62. The summed E-state index contributed by atoms with van der Waals surface area (Å²) in [7, 11) is 0. The first-order valence-electron chi connectivity index (χ1n) is 12.7. The second-order valence-electron chi connectivity index (χ2n) is 12.5. The first-order valence-corrected chi connectivity index (χ1v) is 12.7. The molecule has 0 aromatic rings. The summed E-state index contributed by atoms with van der Waals surface area (Å²) in [4.78, 5) is 12.1. The molecule has 0 spiro atoms. The number of carbonyl (C=O) groups excluding carboxylic acids is 1. The van der Waals surface area contributed by atoms with E-state index in [1.165, 1.54) is 0 Å². The Labute approximate surface area is 188 Å². The van der Waals surface area contributed by atoms with Crippen LogP contribution < -0.4 is 0 Å². The van der Waals surface area contributed by atoms with Crippen molar-refractivity contribution in [2.45, 2.75) is 104 Å². The third-order valence-electron chi connectivity index (χ3n) is 10.4. The van der Waals surface area contributed by atoms with E-state index in [1.54, 1.807) is 0 Å². The summed E-state index contributed by atoms with van der Waals surface area (Å²) in [6.45, 7) is 10.7. The van der Waals surface area contributed by atoms with E-state index in [1.807, 2.05) is 13.0 Å². The predicted molar refractivity (Wildman–Crippen MR) is 122 cm³/mol. The molecule has 4 aliphatic rings. The van der Waals surface area contributed by atoms with Crippen LogP contribution in [0.1, 0.15) is 86.0 Å². The summed E-state index contributed by atoms with van der Waals surface area (Å²) < 4.78 is 0. The van der Waals surface area contributed by atoms with Crippen molar-refractivity contribution in [3.8, 4) is 0 Å². The maximum absolute atomic E-state index is 12.1. The molecule has 31 heavy (non-hydrogen) atoms. The molecule has 0 aromatic carbocycles. The van der Waals surface area contributed by atoms with Gasteiger partial charge in [0.2, 0.25) is 0 Å². The third-order valence-corrected chi connectivity index (χ3v) is 10.4. The van der Waals surface area contributed by atoms with Crippen LogP contribution in [0.3, 0.4) is 0 Å². The highest BCUT2D eigenvalue weighted by atomic mass is 16.3. The summed E-state index contributed by atoms with van der Waals surface area (Å²) in [6, 6.07) is 0. The summed E-state index contributed by atoms with van der Waals surface area (Å²) in [5.41, 5.74) is -1.34. The van der Waals surface area contributed by atoms with Gasteiger partial charge in [0.1, 0.15) is 5.78 Å². The molecule has 10 atom stereocenters. The zero-order valence-corrected chi connectivity index (χ0v) is 20.2. The SMILES string of the molecule is CC(C)CC=CC(C)(O)C1CCC2C3C(O)CC4CC(=O)CCC4(C)C3CC(O)C21C. The molecule has 0 aliphatic heterocycles. The zero-order chi connectivity index (χ0) is 22.8. The van der Waals surface area contributed by atoms with Crippen LogP contribution >= 0.6 is 0 Å². The maximum Gasteiger partial charge on any atom is 0.133 e. The molecule has 176 valence electrons. The van der Waals surface area contributed by atoms with Crippen molar-refractivity contribution < 1.29 is 20.1 Å². The lowest BCUT2D eigenvalue weighted by Crippen LogP contribution is -2.63. The van der Waals surface area contributed by atoms with E-state index < -0.39 is 23.2 Å².